The number of nitrogens with one attached hydrogen (secondary N) is 1. The fraction of sp³-hybridized carbons (Fsp3) is 0.625. The molecule has 2 fully saturated rings. The van der Waals surface area contributed by atoms with Gasteiger partial charge in [0.15, 0.2) is 0 Å². The van der Waals surface area contributed by atoms with Gasteiger partial charge in [-0.05, 0) is 25.8 Å². The van der Waals surface area contributed by atoms with Crippen LogP contribution < -0.4 is 15.1 Å². The van der Waals surface area contributed by atoms with Crippen LogP contribution in [-0.4, -0.2) is 65.6 Å². The summed E-state index contributed by atoms with van der Waals surface area (Å²) in [5.41, 5.74) is 0. The Morgan fingerprint density at radius 2 is 1.92 bits per heavy atom. The third kappa shape index (κ3) is 3.98. The SMILES string of the molecule is Cc1nnc(N2CCC(Nc3ccnc(N4CCOCC4)n3)CC2)s1. The van der Waals surface area contributed by atoms with Gasteiger partial charge in [-0.15, -0.1) is 10.2 Å². The van der Waals surface area contributed by atoms with Crippen molar-refractivity contribution in [3.63, 3.8) is 0 Å². The summed E-state index contributed by atoms with van der Waals surface area (Å²) in [6, 6.07) is 2.38. The first-order valence-corrected chi connectivity index (χ1v) is 9.57. The van der Waals surface area contributed by atoms with E-state index in [2.05, 4.69) is 35.3 Å². The topological polar surface area (TPSA) is 79.3 Å². The maximum Gasteiger partial charge on any atom is 0.227 e. The molecule has 2 aromatic heterocycles. The van der Waals surface area contributed by atoms with Gasteiger partial charge in [-0.2, -0.15) is 4.98 Å². The largest absolute Gasteiger partial charge is 0.378 e. The molecule has 0 unspecified atom stereocenters. The average molecular weight is 361 g/mol. The highest BCUT2D eigenvalue weighted by molar-refractivity contribution is 7.15. The van der Waals surface area contributed by atoms with E-state index in [1.807, 2.05) is 19.2 Å². The number of morpholine rings is 1. The quantitative estimate of drug-likeness (QED) is 0.879. The first kappa shape index (κ1) is 16.5. The van der Waals surface area contributed by atoms with Crippen molar-refractivity contribution in [3.8, 4) is 0 Å². The first-order valence-electron chi connectivity index (χ1n) is 8.75. The lowest BCUT2D eigenvalue weighted by Gasteiger charge is -2.32. The molecule has 25 heavy (non-hydrogen) atoms. The summed E-state index contributed by atoms with van der Waals surface area (Å²) < 4.78 is 5.39. The molecule has 2 saturated heterocycles. The van der Waals surface area contributed by atoms with Gasteiger partial charge in [0.1, 0.15) is 10.8 Å². The molecular formula is C16H23N7OS. The number of aryl methyl sites for hydroxylation is 1. The van der Waals surface area contributed by atoms with Gasteiger partial charge in [-0.1, -0.05) is 11.3 Å². The van der Waals surface area contributed by atoms with Crippen molar-refractivity contribution in [2.24, 2.45) is 0 Å². The second-order valence-corrected chi connectivity index (χ2v) is 7.51. The lowest BCUT2D eigenvalue weighted by Crippen LogP contribution is -2.39. The summed E-state index contributed by atoms with van der Waals surface area (Å²) in [4.78, 5) is 13.6. The number of aromatic nitrogens is 4. The molecule has 0 aliphatic carbocycles. The Labute approximate surface area is 151 Å². The number of rotatable bonds is 4. The Morgan fingerprint density at radius 1 is 1.12 bits per heavy atom. The maximum absolute atomic E-state index is 5.39. The lowest BCUT2D eigenvalue weighted by molar-refractivity contribution is 0.122. The van der Waals surface area contributed by atoms with Crippen LogP contribution >= 0.6 is 11.3 Å². The number of ether oxygens (including phenoxy) is 1. The van der Waals surface area contributed by atoms with Crippen LogP contribution in [0.4, 0.5) is 16.9 Å². The number of hydrogen-bond donors (Lipinski definition) is 1. The molecule has 0 bridgehead atoms. The molecule has 0 radical (unpaired) electrons. The zero-order chi connectivity index (χ0) is 17.1. The van der Waals surface area contributed by atoms with Crippen LogP contribution in [0.3, 0.4) is 0 Å². The molecular weight excluding hydrogens is 338 g/mol. The van der Waals surface area contributed by atoms with E-state index in [1.165, 1.54) is 0 Å². The monoisotopic (exact) mass is 361 g/mol. The summed E-state index contributed by atoms with van der Waals surface area (Å²) >= 11 is 1.66. The van der Waals surface area contributed by atoms with Crippen molar-refractivity contribution in [2.75, 3.05) is 54.5 Å². The molecule has 1 N–H and O–H groups in total. The van der Waals surface area contributed by atoms with E-state index in [1.54, 1.807) is 11.3 Å². The van der Waals surface area contributed by atoms with E-state index in [0.29, 0.717) is 6.04 Å². The van der Waals surface area contributed by atoms with Gasteiger partial charge < -0.3 is 19.9 Å². The van der Waals surface area contributed by atoms with E-state index in [0.717, 1.165) is 74.1 Å². The third-order valence-corrected chi connectivity index (χ3v) is 5.47. The fourth-order valence-corrected chi connectivity index (χ4v) is 3.92. The van der Waals surface area contributed by atoms with Crippen LogP contribution in [0, 0.1) is 6.92 Å². The van der Waals surface area contributed by atoms with Gasteiger partial charge >= 0.3 is 0 Å². The fourth-order valence-electron chi connectivity index (χ4n) is 3.18. The number of anilines is 3. The van der Waals surface area contributed by atoms with Crippen LogP contribution in [0.15, 0.2) is 12.3 Å². The molecule has 134 valence electrons. The predicted molar refractivity (Wildman–Crippen MR) is 98.6 cm³/mol. The third-order valence-electron chi connectivity index (χ3n) is 4.57. The first-order chi connectivity index (χ1) is 12.3. The van der Waals surface area contributed by atoms with Crippen LogP contribution in [-0.2, 0) is 4.74 Å². The maximum atomic E-state index is 5.39. The van der Waals surface area contributed by atoms with Gasteiger partial charge in [0.2, 0.25) is 11.1 Å². The van der Waals surface area contributed by atoms with Crippen LogP contribution in [0.1, 0.15) is 17.8 Å². The summed E-state index contributed by atoms with van der Waals surface area (Å²) in [6.45, 7) is 7.17. The summed E-state index contributed by atoms with van der Waals surface area (Å²) in [5.74, 6) is 1.69. The minimum absolute atomic E-state index is 0.428. The molecule has 4 heterocycles. The van der Waals surface area contributed by atoms with Crippen molar-refractivity contribution in [3.05, 3.63) is 17.3 Å². The highest BCUT2D eigenvalue weighted by Crippen LogP contribution is 2.24. The Kier molecular flexibility index (Phi) is 4.93. The number of piperidine rings is 1. The van der Waals surface area contributed by atoms with Gasteiger partial charge in [0.25, 0.3) is 0 Å². The summed E-state index contributed by atoms with van der Waals surface area (Å²) in [5, 5.41) is 14.0. The zero-order valence-electron chi connectivity index (χ0n) is 14.4. The van der Waals surface area contributed by atoms with Gasteiger partial charge in [0, 0.05) is 38.4 Å². The van der Waals surface area contributed by atoms with Gasteiger partial charge in [-0.25, -0.2) is 4.98 Å². The molecule has 0 aromatic carbocycles. The van der Waals surface area contributed by atoms with Crippen molar-refractivity contribution >= 4 is 28.2 Å². The molecule has 2 aliphatic heterocycles. The second-order valence-electron chi connectivity index (χ2n) is 6.35. The predicted octanol–water partition coefficient (Wildman–Crippen LogP) is 1.55. The van der Waals surface area contributed by atoms with E-state index in [9.17, 15) is 0 Å². The number of hydrogen-bond acceptors (Lipinski definition) is 9. The number of nitrogens with zero attached hydrogens (tertiary/aromatic N) is 6. The Bertz CT molecular complexity index is 695. The summed E-state index contributed by atoms with van der Waals surface area (Å²) in [6.07, 6.45) is 3.96. The Morgan fingerprint density at radius 3 is 2.64 bits per heavy atom. The minimum atomic E-state index is 0.428. The van der Waals surface area contributed by atoms with E-state index < -0.39 is 0 Å². The summed E-state index contributed by atoms with van der Waals surface area (Å²) in [7, 11) is 0. The molecule has 2 aliphatic rings. The average Bonchev–Trinajstić information content (AvgIpc) is 3.10. The van der Waals surface area contributed by atoms with Gasteiger partial charge in [0.05, 0.1) is 13.2 Å². The van der Waals surface area contributed by atoms with Crippen LogP contribution in [0.2, 0.25) is 0 Å². The van der Waals surface area contributed by atoms with Crippen molar-refractivity contribution in [2.45, 2.75) is 25.8 Å². The van der Waals surface area contributed by atoms with Gasteiger partial charge in [-0.3, -0.25) is 0 Å². The normalized spacial score (nSPS) is 19.2. The molecule has 2 aromatic rings. The molecule has 4 rings (SSSR count). The molecule has 8 nitrogen and oxygen atoms in total. The molecule has 9 heteroatoms. The highest BCUT2D eigenvalue weighted by Gasteiger charge is 2.22. The standard InChI is InChI=1S/C16H23N7OS/c1-12-20-21-16(25-12)23-6-3-13(4-7-23)18-14-2-5-17-15(19-14)22-8-10-24-11-9-22/h2,5,13H,3-4,6-11H2,1H3,(H,17,18,19). The van der Waals surface area contributed by atoms with E-state index >= 15 is 0 Å². The molecule has 0 amide bonds. The van der Waals surface area contributed by atoms with Crippen LogP contribution in [0.5, 0.6) is 0 Å². The molecule has 0 atom stereocenters. The smallest absolute Gasteiger partial charge is 0.227 e. The van der Waals surface area contributed by atoms with Crippen molar-refractivity contribution < 1.29 is 4.74 Å². The van der Waals surface area contributed by atoms with E-state index in [4.69, 9.17) is 4.74 Å². The molecule has 0 spiro atoms. The van der Waals surface area contributed by atoms with Crippen molar-refractivity contribution in [1.29, 1.82) is 0 Å². The molecule has 0 saturated carbocycles. The minimum Gasteiger partial charge on any atom is -0.378 e. The van der Waals surface area contributed by atoms with Crippen LogP contribution in [0.25, 0.3) is 0 Å². The second kappa shape index (κ2) is 7.49. The Hall–Kier alpha value is -2.00. The lowest BCUT2D eigenvalue weighted by atomic mass is 10.1. The van der Waals surface area contributed by atoms with Crippen molar-refractivity contribution in [1.82, 2.24) is 20.2 Å². The van der Waals surface area contributed by atoms with E-state index in [-0.39, 0.29) is 0 Å². The zero-order valence-corrected chi connectivity index (χ0v) is 15.2. The Balaban J connectivity index is 1.34. The highest BCUT2D eigenvalue weighted by atomic mass is 32.1.